The lowest BCUT2D eigenvalue weighted by molar-refractivity contribution is -0.370. The number of ether oxygens (including phenoxy) is 1. The number of benzene rings is 1. The van der Waals surface area contributed by atoms with Crippen molar-refractivity contribution < 1.29 is 14.1 Å². The molecule has 0 amide bonds. The molecule has 1 saturated heterocycles. The van der Waals surface area contributed by atoms with Gasteiger partial charge in [-0.2, -0.15) is 5.06 Å². The molecule has 1 aliphatic rings. The summed E-state index contributed by atoms with van der Waals surface area (Å²) in [5.74, 6) is 0. The summed E-state index contributed by atoms with van der Waals surface area (Å²) in [6.07, 6.45) is 0. The highest BCUT2D eigenvalue weighted by atomic mass is 32.2. The summed E-state index contributed by atoms with van der Waals surface area (Å²) >= 11 is 9.67. The standard InChI is InChI=1S/C10H13NO3S3/c15-9-2-1-8(7-10(9)16)17-14-13-11-3-5-12-6-4-11/h1-2,7,15-16H,3-6H2. The van der Waals surface area contributed by atoms with Gasteiger partial charge in [0.1, 0.15) is 0 Å². The zero-order valence-corrected chi connectivity index (χ0v) is 11.6. The van der Waals surface area contributed by atoms with Gasteiger partial charge in [0.15, 0.2) is 0 Å². The average Bonchev–Trinajstić information content (AvgIpc) is 2.35. The van der Waals surface area contributed by atoms with Gasteiger partial charge in [0.2, 0.25) is 0 Å². The van der Waals surface area contributed by atoms with E-state index in [0.29, 0.717) is 26.3 Å². The maximum absolute atomic E-state index is 5.19. The predicted molar refractivity (Wildman–Crippen MR) is 71.4 cm³/mol. The minimum atomic E-state index is 0.670. The van der Waals surface area contributed by atoms with Crippen molar-refractivity contribution in [1.29, 1.82) is 0 Å². The van der Waals surface area contributed by atoms with Crippen LogP contribution in [-0.2, 0) is 14.1 Å². The lowest BCUT2D eigenvalue weighted by Crippen LogP contribution is -2.35. The van der Waals surface area contributed by atoms with Crippen molar-refractivity contribution in [3.63, 3.8) is 0 Å². The molecule has 1 aromatic carbocycles. The Morgan fingerprint density at radius 1 is 1.18 bits per heavy atom. The molecule has 4 nitrogen and oxygen atoms in total. The van der Waals surface area contributed by atoms with E-state index >= 15 is 0 Å². The molecule has 0 radical (unpaired) electrons. The number of rotatable bonds is 4. The van der Waals surface area contributed by atoms with Crippen molar-refractivity contribution in [3.05, 3.63) is 18.2 Å². The summed E-state index contributed by atoms with van der Waals surface area (Å²) < 4.78 is 10.3. The summed E-state index contributed by atoms with van der Waals surface area (Å²) in [6.45, 7) is 2.77. The lowest BCUT2D eigenvalue weighted by Gasteiger charge is -2.23. The number of hydrogen-bond donors (Lipinski definition) is 2. The Labute approximate surface area is 116 Å². The molecule has 1 aliphatic heterocycles. The van der Waals surface area contributed by atoms with E-state index in [1.807, 2.05) is 18.2 Å². The maximum Gasteiger partial charge on any atom is 0.0703 e. The van der Waals surface area contributed by atoms with E-state index in [1.54, 1.807) is 5.06 Å². The lowest BCUT2D eigenvalue weighted by atomic mass is 10.4. The first-order chi connectivity index (χ1) is 8.25. The van der Waals surface area contributed by atoms with Gasteiger partial charge in [-0.15, -0.1) is 34.6 Å². The Bertz CT molecular complexity index is 372. The number of thiol groups is 2. The van der Waals surface area contributed by atoms with Crippen LogP contribution in [0.3, 0.4) is 0 Å². The first kappa shape index (κ1) is 13.5. The van der Waals surface area contributed by atoms with Gasteiger partial charge in [-0.1, -0.05) is 0 Å². The van der Waals surface area contributed by atoms with Crippen LogP contribution in [0.25, 0.3) is 0 Å². The number of morpholine rings is 1. The minimum absolute atomic E-state index is 0.670. The molecule has 0 unspecified atom stereocenters. The Kier molecular flexibility index (Phi) is 5.49. The second-order valence-electron chi connectivity index (χ2n) is 3.42. The van der Waals surface area contributed by atoms with Crippen LogP contribution in [0.4, 0.5) is 0 Å². The SMILES string of the molecule is Sc1ccc(SOON2CCOCC2)cc1S. The third-order valence-corrected chi connectivity index (χ3v) is 3.69. The minimum Gasteiger partial charge on any atom is -0.379 e. The Balaban J connectivity index is 1.75. The molecule has 17 heavy (non-hydrogen) atoms. The third kappa shape index (κ3) is 4.36. The van der Waals surface area contributed by atoms with Crippen LogP contribution in [0, 0.1) is 0 Å². The van der Waals surface area contributed by atoms with Crippen LogP contribution in [0.1, 0.15) is 0 Å². The molecule has 0 atom stereocenters. The van der Waals surface area contributed by atoms with Crippen molar-refractivity contribution >= 4 is 37.3 Å². The molecular formula is C10H13NO3S3. The molecule has 94 valence electrons. The van der Waals surface area contributed by atoms with Crippen molar-refractivity contribution in [3.8, 4) is 0 Å². The topological polar surface area (TPSA) is 30.9 Å². The highest BCUT2D eigenvalue weighted by molar-refractivity contribution is 7.94. The molecule has 1 fully saturated rings. The normalized spacial score (nSPS) is 17.3. The summed E-state index contributed by atoms with van der Waals surface area (Å²) in [5.41, 5.74) is 0. The van der Waals surface area contributed by atoms with E-state index in [-0.39, 0.29) is 0 Å². The second kappa shape index (κ2) is 6.89. The van der Waals surface area contributed by atoms with E-state index in [2.05, 4.69) is 25.3 Å². The van der Waals surface area contributed by atoms with Crippen LogP contribution in [0.2, 0.25) is 0 Å². The fraction of sp³-hybridized carbons (Fsp3) is 0.400. The summed E-state index contributed by atoms with van der Waals surface area (Å²) in [7, 11) is 0. The fourth-order valence-corrected chi connectivity index (χ4v) is 2.20. The molecule has 1 aromatic rings. The van der Waals surface area contributed by atoms with Gasteiger partial charge in [0.05, 0.1) is 38.3 Å². The van der Waals surface area contributed by atoms with E-state index in [4.69, 9.17) is 14.1 Å². The zero-order chi connectivity index (χ0) is 12.1. The molecular weight excluding hydrogens is 278 g/mol. The van der Waals surface area contributed by atoms with Gasteiger partial charge in [-0.3, -0.25) is 0 Å². The summed E-state index contributed by atoms with van der Waals surface area (Å²) in [6, 6.07) is 5.64. The molecule has 0 spiro atoms. The molecule has 0 bridgehead atoms. The van der Waals surface area contributed by atoms with Crippen molar-refractivity contribution in [2.24, 2.45) is 0 Å². The third-order valence-electron chi connectivity index (χ3n) is 2.18. The molecule has 7 heteroatoms. The van der Waals surface area contributed by atoms with Crippen LogP contribution in [0.5, 0.6) is 0 Å². The van der Waals surface area contributed by atoms with Crippen molar-refractivity contribution in [2.75, 3.05) is 26.3 Å². The van der Waals surface area contributed by atoms with Gasteiger partial charge >= 0.3 is 0 Å². The largest absolute Gasteiger partial charge is 0.379 e. The highest BCUT2D eigenvalue weighted by Gasteiger charge is 2.12. The molecule has 0 N–H and O–H groups in total. The van der Waals surface area contributed by atoms with Gasteiger partial charge in [0.25, 0.3) is 0 Å². The van der Waals surface area contributed by atoms with Crippen LogP contribution in [-0.4, -0.2) is 31.4 Å². The first-order valence-electron chi connectivity index (χ1n) is 5.12. The molecule has 0 aromatic heterocycles. The number of hydroxylamine groups is 2. The van der Waals surface area contributed by atoms with Gasteiger partial charge in [0, 0.05) is 14.7 Å². The van der Waals surface area contributed by atoms with E-state index in [0.717, 1.165) is 26.7 Å². The smallest absolute Gasteiger partial charge is 0.0703 e. The monoisotopic (exact) mass is 291 g/mol. The first-order valence-corrected chi connectivity index (χ1v) is 6.75. The summed E-state index contributed by atoms with van der Waals surface area (Å²) in [4.78, 5) is 7.70. The Morgan fingerprint density at radius 3 is 2.65 bits per heavy atom. The van der Waals surface area contributed by atoms with Gasteiger partial charge in [-0.25, -0.2) is 0 Å². The zero-order valence-electron chi connectivity index (χ0n) is 9.04. The van der Waals surface area contributed by atoms with E-state index < -0.39 is 0 Å². The molecule has 1 heterocycles. The summed E-state index contributed by atoms with van der Waals surface area (Å²) in [5, 5.41) is 1.73. The highest BCUT2D eigenvalue weighted by Crippen LogP contribution is 2.26. The Morgan fingerprint density at radius 2 is 1.94 bits per heavy atom. The van der Waals surface area contributed by atoms with Gasteiger partial charge in [-0.05, 0) is 18.2 Å². The van der Waals surface area contributed by atoms with Crippen LogP contribution in [0.15, 0.2) is 32.9 Å². The average molecular weight is 291 g/mol. The molecule has 0 aliphatic carbocycles. The molecule has 2 rings (SSSR count). The Hall–Kier alpha value is 0.110. The predicted octanol–water partition coefficient (Wildman–Crippen LogP) is 2.47. The van der Waals surface area contributed by atoms with Crippen molar-refractivity contribution in [2.45, 2.75) is 14.7 Å². The van der Waals surface area contributed by atoms with Gasteiger partial charge < -0.3 is 4.74 Å². The van der Waals surface area contributed by atoms with E-state index in [1.165, 1.54) is 0 Å². The maximum atomic E-state index is 5.19. The van der Waals surface area contributed by atoms with Crippen molar-refractivity contribution in [1.82, 2.24) is 5.06 Å². The fourth-order valence-electron chi connectivity index (χ4n) is 1.27. The van der Waals surface area contributed by atoms with Crippen LogP contribution < -0.4 is 0 Å². The molecule has 0 saturated carbocycles. The van der Waals surface area contributed by atoms with E-state index in [9.17, 15) is 0 Å². The number of hydrogen-bond acceptors (Lipinski definition) is 7. The number of nitrogens with zero attached hydrogens (tertiary/aromatic N) is 1. The quantitative estimate of drug-likeness (QED) is 0.385. The second-order valence-corrected chi connectivity index (χ2v) is 5.16. The van der Waals surface area contributed by atoms with Crippen LogP contribution >= 0.6 is 37.3 Å².